The molecule has 1 N–H and O–H groups in total. The lowest BCUT2D eigenvalue weighted by Gasteiger charge is -2.35. The van der Waals surface area contributed by atoms with Crippen molar-refractivity contribution in [3.8, 4) is 0 Å². The Balaban J connectivity index is 2.89. The number of aliphatic hydroxyl groups excluding tert-OH is 1. The van der Waals surface area contributed by atoms with Crippen LogP contribution < -0.4 is 0 Å². The van der Waals surface area contributed by atoms with Crippen LogP contribution in [0.25, 0.3) is 0 Å². The highest BCUT2D eigenvalue weighted by Crippen LogP contribution is 2.34. The molecule has 0 saturated carbocycles. The van der Waals surface area contributed by atoms with Crippen LogP contribution >= 0.6 is 0 Å². The number of hydrogen-bond acceptors (Lipinski definition) is 4. The number of hydrogen-bond donors (Lipinski definition) is 1. The highest BCUT2D eigenvalue weighted by Gasteiger charge is 2.42. The molecular formula is C22H45NO4Si. The van der Waals surface area contributed by atoms with Gasteiger partial charge in [-0.2, -0.15) is 0 Å². The van der Waals surface area contributed by atoms with Crippen LogP contribution in [0.1, 0.15) is 86.5 Å². The van der Waals surface area contributed by atoms with Crippen LogP contribution in [0, 0.1) is 0 Å². The van der Waals surface area contributed by atoms with Gasteiger partial charge in [-0.15, -0.1) is 0 Å². The molecule has 5 nitrogen and oxygen atoms in total. The molecule has 1 aliphatic rings. The van der Waals surface area contributed by atoms with Gasteiger partial charge in [-0.25, -0.2) is 4.79 Å². The van der Waals surface area contributed by atoms with Crippen LogP contribution in [0.4, 0.5) is 4.79 Å². The van der Waals surface area contributed by atoms with E-state index in [0.717, 1.165) is 6.42 Å². The molecule has 1 rings (SSSR count). The molecule has 166 valence electrons. The molecule has 1 heterocycles. The van der Waals surface area contributed by atoms with Gasteiger partial charge in [-0.1, -0.05) is 59.3 Å². The summed E-state index contributed by atoms with van der Waals surface area (Å²) < 4.78 is 12.5. The summed E-state index contributed by atoms with van der Waals surface area (Å²) in [4.78, 5) is 14.3. The first-order valence-corrected chi connectivity index (χ1v) is 14.0. The molecule has 6 heteroatoms. The maximum atomic E-state index is 12.6. The smallest absolute Gasteiger partial charge is 0.410 e. The van der Waals surface area contributed by atoms with Gasteiger partial charge >= 0.3 is 6.09 Å². The van der Waals surface area contributed by atoms with Gasteiger partial charge in [0.2, 0.25) is 0 Å². The lowest BCUT2D eigenvalue weighted by Crippen LogP contribution is -2.44. The number of aliphatic hydroxyl groups is 1. The van der Waals surface area contributed by atoms with Gasteiger partial charge in [0.15, 0.2) is 8.32 Å². The minimum absolute atomic E-state index is 0.0295. The van der Waals surface area contributed by atoms with Crippen molar-refractivity contribution < 1.29 is 19.1 Å². The molecule has 0 spiro atoms. The number of nitrogens with zero attached hydrogens (tertiary/aromatic N) is 1. The molecule has 1 fully saturated rings. The van der Waals surface area contributed by atoms with Crippen molar-refractivity contribution in [2.45, 2.75) is 122 Å². The summed E-state index contributed by atoms with van der Waals surface area (Å²) in [5, 5.41) is 9.83. The van der Waals surface area contributed by atoms with Crippen molar-refractivity contribution in [3.63, 3.8) is 0 Å². The standard InChI is InChI=1S/C22H45NO4Si/c1-7-10-13-28(14-11-8-2,15-12-9-3)27-20-16-19(18-24)23(17-20)21(25)26-22(4,5)6/h19-20,24H,7-18H2,1-6H3. The summed E-state index contributed by atoms with van der Waals surface area (Å²) in [5.41, 5.74) is -0.530. The second kappa shape index (κ2) is 12.2. The fraction of sp³-hybridized carbons (Fsp3) is 0.955. The summed E-state index contributed by atoms with van der Waals surface area (Å²) in [6, 6.07) is 3.46. The molecule has 28 heavy (non-hydrogen) atoms. The number of amides is 1. The summed E-state index contributed by atoms with van der Waals surface area (Å²) in [6.45, 7) is 12.9. The van der Waals surface area contributed by atoms with E-state index in [-0.39, 0.29) is 24.8 Å². The minimum Gasteiger partial charge on any atom is -0.444 e. The number of ether oxygens (including phenoxy) is 1. The highest BCUT2D eigenvalue weighted by molar-refractivity contribution is 6.73. The summed E-state index contributed by atoms with van der Waals surface area (Å²) >= 11 is 0. The third kappa shape index (κ3) is 8.42. The summed E-state index contributed by atoms with van der Waals surface area (Å²) in [7, 11) is -1.84. The van der Waals surface area contributed by atoms with Crippen molar-refractivity contribution in [1.82, 2.24) is 4.90 Å². The van der Waals surface area contributed by atoms with Gasteiger partial charge in [0.05, 0.1) is 18.8 Å². The highest BCUT2D eigenvalue weighted by atomic mass is 28.4. The average Bonchev–Trinajstić information content (AvgIpc) is 3.04. The predicted molar refractivity (Wildman–Crippen MR) is 118 cm³/mol. The number of rotatable bonds is 12. The first-order chi connectivity index (χ1) is 13.2. The molecule has 0 bridgehead atoms. The summed E-state index contributed by atoms with van der Waals surface area (Å²) in [6.07, 6.45) is 7.69. The minimum atomic E-state index is -1.84. The van der Waals surface area contributed by atoms with E-state index < -0.39 is 13.9 Å². The zero-order valence-electron chi connectivity index (χ0n) is 19.3. The Morgan fingerprint density at radius 3 is 1.93 bits per heavy atom. The van der Waals surface area contributed by atoms with E-state index >= 15 is 0 Å². The SMILES string of the molecule is CCCC[Si](CCCC)(CCCC)OC1CC(CO)N(C(=O)OC(C)(C)C)C1. The third-order valence-electron chi connectivity index (χ3n) is 5.59. The van der Waals surface area contributed by atoms with Crippen molar-refractivity contribution >= 4 is 14.4 Å². The lowest BCUT2D eigenvalue weighted by molar-refractivity contribution is 0.0164. The van der Waals surface area contributed by atoms with Crippen molar-refractivity contribution in [2.75, 3.05) is 13.2 Å². The Bertz CT molecular complexity index is 431. The molecule has 1 aliphatic heterocycles. The van der Waals surface area contributed by atoms with Crippen LogP contribution in [0.3, 0.4) is 0 Å². The Kier molecular flexibility index (Phi) is 11.1. The lowest BCUT2D eigenvalue weighted by atomic mass is 10.2. The molecule has 0 aliphatic carbocycles. The van der Waals surface area contributed by atoms with Gasteiger partial charge in [0.1, 0.15) is 5.60 Å². The first kappa shape index (κ1) is 25.4. The molecule has 1 amide bonds. The zero-order valence-corrected chi connectivity index (χ0v) is 20.3. The average molecular weight is 416 g/mol. The molecule has 2 unspecified atom stereocenters. The van der Waals surface area contributed by atoms with Gasteiger partial charge in [-0.3, -0.25) is 0 Å². The maximum absolute atomic E-state index is 12.6. The van der Waals surface area contributed by atoms with Crippen molar-refractivity contribution in [1.29, 1.82) is 0 Å². The zero-order chi connectivity index (χ0) is 21.2. The van der Waals surface area contributed by atoms with Gasteiger partial charge in [0.25, 0.3) is 0 Å². The fourth-order valence-corrected chi connectivity index (χ4v) is 9.05. The van der Waals surface area contributed by atoms with Crippen molar-refractivity contribution in [3.05, 3.63) is 0 Å². The third-order valence-corrected chi connectivity index (χ3v) is 10.2. The van der Waals surface area contributed by atoms with Gasteiger partial charge in [-0.05, 0) is 45.3 Å². The number of carbonyl (C=O) groups is 1. The van der Waals surface area contributed by atoms with E-state index in [9.17, 15) is 9.90 Å². The molecular weight excluding hydrogens is 370 g/mol. The maximum Gasteiger partial charge on any atom is 0.410 e. The number of carbonyl (C=O) groups excluding carboxylic acids is 1. The second-order valence-corrected chi connectivity index (χ2v) is 13.5. The molecule has 2 atom stereocenters. The van der Waals surface area contributed by atoms with E-state index in [1.165, 1.54) is 56.7 Å². The van der Waals surface area contributed by atoms with E-state index in [1.54, 1.807) is 4.90 Å². The molecule has 0 aromatic heterocycles. The van der Waals surface area contributed by atoms with Crippen molar-refractivity contribution in [2.24, 2.45) is 0 Å². The normalized spacial score (nSPS) is 20.6. The molecule has 0 radical (unpaired) electrons. The monoisotopic (exact) mass is 415 g/mol. The fourth-order valence-electron chi connectivity index (χ4n) is 4.08. The van der Waals surface area contributed by atoms with Gasteiger partial charge in [0, 0.05) is 6.54 Å². The van der Waals surface area contributed by atoms with Gasteiger partial charge < -0.3 is 19.2 Å². The summed E-state index contributed by atoms with van der Waals surface area (Å²) in [5.74, 6) is 0. The molecule has 0 aromatic carbocycles. The Hall–Kier alpha value is -0.593. The Morgan fingerprint density at radius 2 is 1.54 bits per heavy atom. The van der Waals surface area contributed by atoms with Crippen LogP contribution in [-0.2, 0) is 9.16 Å². The van der Waals surface area contributed by atoms with Crippen LogP contribution in [0.2, 0.25) is 18.1 Å². The van der Waals surface area contributed by atoms with Crippen LogP contribution in [0.5, 0.6) is 0 Å². The van der Waals surface area contributed by atoms with E-state index in [2.05, 4.69) is 20.8 Å². The number of likely N-dealkylation sites (tertiary alicyclic amines) is 1. The first-order valence-electron chi connectivity index (χ1n) is 11.5. The molecule has 0 aromatic rings. The Labute approximate surface area is 174 Å². The Morgan fingerprint density at radius 1 is 1.04 bits per heavy atom. The predicted octanol–water partition coefficient (Wildman–Crippen LogP) is 5.72. The number of unbranched alkanes of at least 4 members (excludes halogenated alkanes) is 3. The largest absolute Gasteiger partial charge is 0.444 e. The van der Waals surface area contributed by atoms with E-state index in [1.807, 2.05) is 20.8 Å². The van der Waals surface area contributed by atoms with Crippen LogP contribution in [-0.4, -0.2) is 55.3 Å². The second-order valence-electron chi connectivity index (χ2n) is 9.44. The molecule has 1 saturated heterocycles. The quantitative estimate of drug-likeness (QED) is 0.414. The van der Waals surface area contributed by atoms with Crippen LogP contribution in [0.15, 0.2) is 0 Å². The topological polar surface area (TPSA) is 59.0 Å². The van der Waals surface area contributed by atoms with E-state index in [0.29, 0.717) is 6.54 Å². The van der Waals surface area contributed by atoms with E-state index in [4.69, 9.17) is 9.16 Å².